The van der Waals surface area contributed by atoms with E-state index in [-0.39, 0.29) is 17.6 Å². The van der Waals surface area contributed by atoms with Gasteiger partial charge in [0.1, 0.15) is 11.6 Å². The molecule has 0 aliphatic carbocycles. The monoisotopic (exact) mass is 401 g/mol. The lowest BCUT2D eigenvalue weighted by Gasteiger charge is -2.34. The highest BCUT2D eigenvalue weighted by molar-refractivity contribution is 6.30. The van der Waals surface area contributed by atoms with Crippen LogP contribution >= 0.6 is 11.6 Å². The predicted molar refractivity (Wildman–Crippen MR) is 106 cm³/mol. The van der Waals surface area contributed by atoms with E-state index >= 15 is 0 Å². The van der Waals surface area contributed by atoms with E-state index in [0.717, 1.165) is 37.4 Å². The average Bonchev–Trinajstić information content (AvgIpc) is 3.14. The number of carbonyl (C=O) groups is 1. The number of rotatable bonds is 4. The lowest BCUT2D eigenvalue weighted by atomic mass is 9.95. The van der Waals surface area contributed by atoms with Crippen molar-refractivity contribution in [3.63, 3.8) is 0 Å². The van der Waals surface area contributed by atoms with Crippen LogP contribution in [0.5, 0.6) is 0 Å². The number of likely N-dealkylation sites (tertiary alicyclic amines) is 1. The molecule has 1 N–H and O–H groups in total. The molecule has 2 aromatic heterocycles. The van der Waals surface area contributed by atoms with Crippen LogP contribution in [0.25, 0.3) is 5.65 Å². The van der Waals surface area contributed by atoms with Gasteiger partial charge in [0.25, 0.3) is 0 Å². The fraction of sp³-hybridized carbons (Fsp3) is 0.350. The number of piperidine rings is 1. The van der Waals surface area contributed by atoms with E-state index in [1.807, 2.05) is 35.7 Å². The van der Waals surface area contributed by atoms with Crippen molar-refractivity contribution in [1.29, 1.82) is 0 Å². The molecule has 0 radical (unpaired) electrons. The van der Waals surface area contributed by atoms with Crippen LogP contribution in [0.15, 0.2) is 42.6 Å². The number of anilines is 1. The molecular weight excluding hydrogens is 381 g/mol. The zero-order chi connectivity index (χ0) is 19.7. The molecule has 1 atom stereocenters. The van der Waals surface area contributed by atoms with Gasteiger partial charge in [0.2, 0.25) is 5.91 Å². The van der Waals surface area contributed by atoms with Gasteiger partial charge in [-0.25, -0.2) is 4.39 Å². The lowest BCUT2D eigenvalue weighted by Crippen LogP contribution is -2.46. The summed E-state index contributed by atoms with van der Waals surface area (Å²) in [6.07, 6.45) is 3.75. The van der Waals surface area contributed by atoms with Gasteiger partial charge in [-0.2, -0.15) is 0 Å². The first-order chi connectivity index (χ1) is 13.5. The molecule has 4 rings (SSSR count). The second-order valence-electron chi connectivity index (χ2n) is 7.09. The topological polar surface area (TPSA) is 62.5 Å². The normalized spacial score (nSPS) is 17.0. The number of benzene rings is 1. The van der Waals surface area contributed by atoms with E-state index in [1.165, 1.54) is 18.2 Å². The number of nitrogens with zero attached hydrogens (tertiary/aromatic N) is 4. The van der Waals surface area contributed by atoms with Crippen molar-refractivity contribution in [2.24, 2.45) is 0 Å². The van der Waals surface area contributed by atoms with Crippen molar-refractivity contribution in [2.45, 2.75) is 31.7 Å². The van der Waals surface area contributed by atoms with Crippen LogP contribution in [0.4, 0.5) is 10.1 Å². The quantitative estimate of drug-likeness (QED) is 0.723. The number of hydrogen-bond acceptors (Lipinski definition) is 4. The summed E-state index contributed by atoms with van der Waals surface area (Å²) in [5.74, 6) is 0.525. The van der Waals surface area contributed by atoms with Crippen molar-refractivity contribution < 1.29 is 9.18 Å². The van der Waals surface area contributed by atoms with E-state index in [2.05, 4.69) is 20.4 Å². The first-order valence-electron chi connectivity index (χ1n) is 9.32. The van der Waals surface area contributed by atoms with E-state index in [9.17, 15) is 9.18 Å². The number of carbonyl (C=O) groups excluding carboxylic acids is 1. The zero-order valence-corrected chi connectivity index (χ0v) is 16.2. The van der Waals surface area contributed by atoms with E-state index in [1.54, 1.807) is 0 Å². The number of aromatic nitrogens is 3. The van der Waals surface area contributed by atoms with E-state index in [0.29, 0.717) is 10.9 Å². The van der Waals surface area contributed by atoms with E-state index in [4.69, 9.17) is 11.6 Å². The molecule has 8 heteroatoms. The van der Waals surface area contributed by atoms with Gasteiger partial charge in [0, 0.05) is 17.1 Å². The summed E-state index contributed by atoms with van der Waals surface area (Å²) >= 11 is 5.89. The number of halogens is 2. The number of amides is 1. The van der Waals surface area contributed by atoms with Gasteiger partial charge in [-0.3, -0.25) is 14.1 Å². The Bertz CT molecular complexity index is 999. The van der Waals surface area contributed by atoms with Gasteiger partial charge in [-0.1, -0.05) is 17.7 Å². The maximum Gasteiger partial charge on any atom is 0.241 e. The summed E-state index contributed by atoms with van der Waals surface area (Å²) < 4.78 is 15.9. The molecule has 3 aromatic rings. The molecule has 0 bridgehead atoms. The minimum atomic E-state index is -0.498. The Labute approximate surface area is 167 Å². The largest absolute Gasteiger partial charge is 0.322 e. The Balaban J connectivity index is 1.39. The molecule has 6 nitrogen and oxygen atoms in total. The maximum atomic E-state index is 13.9. The summed E-state index contributed by atoms with van der Waals surface area (Å²) in [5, 5.41) is 11.6. The van der Waals surface area contributed by atoms with Crippen molar-refractivity contribution in [2.75, 3.05) is 18.4 Å². The van der Waals surface area contributed by atoms with Crippen molar-refractivity contribution >= 4 is 28.8 Å². The van der Waals surface area contributed by atoms with E-state index < -0.39 is 5.82 Å². The number of nitrogens with one attached hydrogen (secondary N) is 1. The summed E-state index contributed by atoms with van der Waals surface area (Å²) in [6.45, 7) is 3.36. The molecule has 1 aliphatic heterocycles. The predicted octanol–water partition coefficient (Wildman–Crippen LogP) is 3.73. The molecule has 146 valence electrons. The lowest BCUT2D eigenvalue weighted by molar-refractivity contribution is -0.121. The summed E-state index contributed by atoms with van der Waals surface area (Å²) in [7, 11) is 0. The molecule has 28 heavy (non-hydrogen) atoms. The zero-order valence-electron chi connectivity index (χ0n) is 15.5. The highest BCUT2D eigenvalue weighted by Crippen LogP contribution is 2.28. The summed E-state index contributed by atoms with van der Waals surface area (Å²) in [6, 6.07) is 9.60. The van der Waals surface area contributed by atoms with Gasteiger partial charge >= 0.3 is 0 Å². The van der Waals surface area contributed by atoms with Crippen LogP contribution in [0.3, 0.4) is 0 Å². The Hall–Kier alpha value is -2.51. The second kappa shape index (κ2) is 7.85. The third-order valence-electron chi connectivity index (χ3n) is 5.35. The maximum absolute atomic E-state index is 13.9. The Morgan fingerprint density at radius 3 is 2.82 bits per heavy atom. The van der Waals surface area contributed by atoms with Gasteiger partial charge < -0.3 is 5.32 Å². The van der Waals surface area contributed by atoms with Crippen LogP contribution < -0.4 is 5.32 Å². The van der Waals surface area contributed by atoms with Gasteiger partial charge in [-0.05, 0) is 63.2 Å². The van der Waals surface area contributed by atoms with Crippen LogP contribution in [0, 0.1) is 5.82 Å². The molecular formula is C20H21ClFN5O. The van der Waals surface area contributed by atoms with Gasteiger partial charge in [0.05, 0.1) is 11.7 Å². The molecule has 0 saturated carbocycles. The first kappa shape index (κ1) is 18.8. The second-order valence-corrected chi connectivity index (χ2v) is 7.52. The third-order valence-corrected chi connectivity index (χ3v) is 5.58. The van der Waals surface area contributed by atoms with Crippen LogP contribution in [-0.4, -0.2) is 44.5 Å². The molecule has 1 fully saturated rings. The van der Waals surface area contributed by atoms with Gasteiger partial charge in [-0.15, -0.1) is 10.2 Å². The minimum absolute atomic E-state index is 0.106. The number of pyridine rings is 1. The Kier molecular flexibility index (Phi) is 5.28. The van der Waals surface area contributed by atoms with Crippen LogP contribution in [0.2, 0.25) is 5.02 Å². The Morgan fingerprint density at radius 2 is 2.04 bits per heavy atom. The summed E-state index contributed by atoms with van der Waals surface area (Å²) in [5.41, 5.74) is 0.949. The number of hydrogen-bond donors (Lipinski definition) is 1. The van der Waals surface area contributed by atoms with Gasteiger partial charge in [0.15, 0.2) is 5.65 Å². The SMILES string of the molecule is CC(C(=O)Nc1cc(Cl)ccc1F)N1CCC(c2nnc3ccccn23)CC1. The van der Waals surface area contributed by atoms with Crippen molar-refractivity contribution in [1.82, 2.24) is 19.5 Å². The third kappa shape index (κ3) is 3.72. The minimum Gasteiger partial charge on any atom is -0.322 e. The molecule has 1 unspecified atom stereocenters. The molecule has 3 heterocycles. The fourth-order valence-corrected chi connectivity index (χ4v) is 3.85. The Morgan fingerprint density at radius 1 is 1.25 bits per heavy atom. The van der Waals surface area contributed by atoms with Crippen molar-refractivity contribution in [3.05, 3.63) is 59.3 Å². The highest BCUT2D eigenvalue weighted by atomic mass is 35.5. The fourth-order valence-electron chi connectivity index (χ4n) is 3.68. The first-order valence-corrected chi connectivity index (χ1v) is 9.70. The average molecular weight is 402 g/mol. The smallest absolute Gasteiger partial charge is 0.241 e. The molecule has 0 spiro atoms. The standard InChI is InChI=1S/C20H21ClFN5O/c1-13(20(28)23-17-12-15(21)5-6-16(17)22)26-10-7-14(8-11-26)19-25-24-18-4-2-3-9-27(18)19/h2-6,9,12-14H,7-8,10-11H2,1H3,(H,23,28). The summed E-state index contributed by atoms with van der Waals surface area (Å²) in [4.78, 5) is 14.7. The molecule has 1 amide bonds. The molecule has 1 saturated heterocycles. The highest BCUT2D eigenvalue weighted by Gasteiger charge is 2.29. The molecule has 1 aromatic carbocycles. The molecule has 1 aliphatic rings. The van der Waals surface area contributed by atoms with Crippen LogP contribution in [-0.2, 0) is 4.79 Å². The van der Waals surface area contributed by atoms with Crippen LogP contribution in [0.1, 0.15) is 31.5 Å². The van der Waals surface area contributed by atoms with Crippen molar-refractivity contribution in [3.8, 4) is 0 Å². The number of fused-ring (bicyclic) bond motifs is 1.